The minimum absolute atomic E-state index is 0.0698. The third-order valence-corrected chi connectivity index (χ3v) is 6.88. The topological polar surface area (TPSA) is 104 Å². The normalized spacial score (nSPS) is 24.3. The van der Waals surface area contributed by atoms with E-state index in [9.17, 15) is 14.4 Å². The van der Waals surface area contributed by atoms with Crippen molar-refractivity contribution in [2.75, 3.05) is 12.4 Å². The number of aromatic amines is 1. The van der Waals surface area contributed by atoms with E-state index in [0.29, 0.717) is 22.3 Å². The molecular weight excluding hydrogens is 416 g/mol. The predicted molar refractivity (Wildman–Crippen MR) is 112 cm³/mol. The largest absolute Gasteiger partial charge is 0.469 e. The SMILES string of the molecule is COC(=O)C1C2CCC(CC2)C1Nc1cc(-c2n[nH]c3ncc(F)cc23)c(C#N)cc1F. The summed E-state index contributed by atoms with van der Waals surface area (Å²) in [5, 5.41) is 20.1. The third-order valence-electron chi connectivity index (χ3n) is 6.88. The number of H-pyrrole nitrogens is 1. The van der Waals surface area contributed by atoms with Crippen LogP contribution in [0, 0.1) is 40.7 Å². The van der Waals surface area contributed by atoms with E-state index in [1.54, 1.807) is 0 Å². The first-order valence-electron chi connectivity index (χ1n) is 10.6. The minimum Gasteiger partial charge on any atom is -0.469 e. The molecule has 0 amide bonds. The van der Waals surface area contributed by atoms with Crippen molar-refractivity contribution in [3.63, 3.8) is 0 Å². The van der Waals surface area contributed by atoms with E-state index in [0.717, 1.165) is 37.9 Å². The van der Waals surface area contributed by atoms with Crippen LogP contribution in [0.2, 0.25) is 0 Å². The molecule has 6 rings (SSSR count). The van der Waals surface area contributed by atoms with Crippen LogP contribution in [0.25, 0.3) is 22.3 Å². The number of nitriles is 1. The molecule has 0 radical (unpaired) electrons. The fourth-order valence-corrected chi connectivity index (χ4v) is 5.37. The molecule has 3 aromatic rings. The number of nitrogens with zero attached hydrogens (tertiary/aromatic N) is 3. The number of aromatic nitrogens is 3. The Labute approximate surface area is 182 Å². The molecule has 0 saturated heterocycles. The molecule has 2 unspecified atom stereocenters. The molecule has 7 nitrogen and oxygen atoms in total. The van der Waals surface area contributed by atoms with Crippen molar-refractivity contribution in [1.82, 2.24) is 15.2 Å². The first-order chi connectivity index (χ1) is 15.5. The molecule has 2 bridgehead atoms. The zero-order valence-corrected chi connectivity index (χ0v) is 17.4. The first kappa shape index (κ1) is 20.4. The van der Waals surface area contributed by atoms with Crippen molar-refractivity contribution < 1.29 is 18.3 Å². The number of ether oxygens (including phenoxy) is 1. The fraction of sp³-hybridized carbons (Fsp3) is 0.391. The highest BCUT2D eigenvalue weighted by molar-refractivity contribution is 5.93. The van der Waals surface area contributed by atoms with Crippen molar-refractivity contribution in [1.29, 1.82) is 5.26 Å². The lowest BCUT2D eigenvalue weighted by atomic mass is 9.61. The van der Waals surface area contributed by atoms with Gasteiger partial charge in [0.05, 0.1) is 36.5 Å². The van der Waals surface area contributed by atoms with Gasteiger partial charge in [-0.25, -0.2) is 13.8 Å². The van der Waals surface area contributed by atoms with Crippen LogP contribution in [0.15, 0.2) is 24.4 Å². The Hall–Kier alpha value is -3.54. The maximum absolute atomic E-state index is 15.0. The number of hydrogen-bond donors (Lipinski definition) is 2. The molecule has 2 heterocycles. The Bertz CT molecular complexity index is 1240. The summed E-state index contributed by atoms with van der Waals surface area (Å²) < 4.78 is 33.9. The monoisotopic (exact) mass is 437 g/mol. The zero-order chi connectivity index (χ0) is 22.4. The highest BCUT2D eigenvalue weighted by Gasteiger charge is 2.48. The minimum atomic E-state index is -0.598. The number of rotatable bonds is 4. The smallest absolute Gasteiger partial charge is 0.311 e. The lowest BCUT2D eigenvalue weighted by molar-refractivity contribution is -0.152. The highest BCUT2D eigenvalue weighted by atomic mass is 19.1. The van der Waals surface area contributed by atoms with Gasteiger partial charge in [0.1, 0.15) is 17.3 Å². The predicted octanol–water partition coefficient (Wildman–Crippen LogP) is 4.16. The van der Waals surface area contributed by atoms with Gasteiger partial charge in [-0.15, -0.1) is 0 Å². The number of fused-ring (bicyclic) bond motifs is 4. The second-order valence-electron chi connectivity index (χ2n) is 8.51. The summed E-state index contributed by atoms with van der Waals surface area (Å²) in [6.45, 7) is 0. The molecule has 9 heteroatoms. The molecule has 1 aromatic carbocycles. The van der Waals surface area contributed by atoms with Gasteiger partial charge in [0, 0.05) is 17.0 Å². The van der Waals surface area contributed by atoms with Crippen LogP contribution in [0.4, 0.5) is 14.5 Å². The summed E-state index contributed by atoms with van der Waals surface area (Å²) in [7, 11) is 1.37. The number of hydrogen-bond acceptors (Lipinski definition) is 6. The average molecular weight is 437 g/mol. The molecular formula is C23H21F2N5O2. The van der Waals surface area contributed by atoms with Crippen LogP contribution in [0.3, 0.4) is 0 Å². The van der Waals surface area contributed by atoms with Gasteiger partial charge in [-0.05, 0) is 55.7 Å². The number of carbonyl (C=O) groups is 1. The van der Waals surface area contributed by atoms with Crippen LogP contribution in [-0.2, 0) is 9.53 Å². The second kappa shape index (κ2) is 7.86. The van der Waals surface area contributed by atoms with Crippen LogP contribution in [-0.4, -0.2) is 34.3 Å². The number of esters is 1. The van der Waals surface area contributed by atoms with Crippen molar-refractivity contribution in [2.24, 2.45) is 17.8 Å². The van der Waals surface area contributed by atoms with Gasteiger partial charge in [0.25, 0.3) is 0 Å². The Balaban J connectivity index is 1.57. The third kappa shape index (κ3) is 3.27. The van der Waals surface area contributed by atoms with E-state index in [1.807, 2.05) is 6.07 Å². The van der Waals surface area contributed by atoms with E-state index >= 15 is 4.39 Å². The summed E-state index contributed by atoms with van der Waals surface area (Å²) in [5.41, 5.74) is 1.26. The maximum Gasteiger partial charge on any atom is 0.311 e. The quantitative estimate of drug-likeness (QED) is 0.594. The van der Waals surface area contributed by atoms with Gasteiger partial charge < -0.3 is 10.1 Å². The van der Waals surface area contributed by atoms with Gasteiger partial charge in [0.15, 0.2) is 5.65 Å². The Morgan fingerprint density at radius 2 is 1.97 bits per heavy atom. The van der Waals surface area contributed by atoms with Crippen molar-refractivity contribution in [3.05, 3.63) is 41.6 Å². The van der Waals surface area contributed by atoms with Gasteiger partial charge >= 0.3 is 5.97 Å². The van der Waals surface area contributed by atoms with Gasteiger partial charge in [0.2, 0.25) is 0 Å². The van der Waals surface area contributed by atoms with Crippen LogP contribution in [0.5, 0.6) is 0 Å². The van der Waals surface area contributed by atoms with E-state index in [2.05, 4.69) is 20.5 Å². The van der Waals surface area contributed by atoms with Crippen LogP contribution in [0.1, 0.15) is 31.2 Å². The molecule has 2 N–H and O–H groups in total. The second-order valence-corrected chi connectivity index (χ2v) is 8.51. The fourth-order valence-electron chi connectivity index (χ4n) is 5.37. The number of methoxy groups -OCH3 is 1. The average Bonchev–Trinajstić information content (AvgIpc) is 3.23. The van der Waals surface area contributed by atoms with Gasteiger partial charge in [-0.3, -0.25) is 9.89 Å². The maximum atomic E-state index is 15.0. The van der Waals surface area contributed by atoms with E-state index in [1.165, 1.54) is 19.2 Å². The number of pyridine rings is 1. The number of benzene rings is 1. The molecule has 2 aromatic heterocycles. The molecule has 0 spiro atoms. The number of carbonyl (C=O) groups excluding carboxylic acids is 1. The van der Waals surface area contributed by atoms with Crippen molar-refractivity contribution in [3.8, 4) is 17.3 Å². The Morgan fingerprint density at radius 3 is 2.69 bits per heavy atom. The molecule has 0 aliphatic heterocycles. The first-order valence-corrected chi connectivity index (χ1v) is 10.6. The Kier molecular flexibility index (Phi) is 5.00. The Morgan fingerprint density at radius 1 is 1.22 bits per heavy atom. The molecule has 164 valence electrons. The lowest BCUT2D eigenvalue weighted by Crippen LogP contribution is -2.51. The van der Waals surface area contributed by atoms with Crippen molar-refractivity contribution >= 4 is 22.7 Å². The van der Waals surface area contributed by atoms with E-state index in [-0.39, 0.29) is 41.0 Å². The lowest BCUT2D eigenvalue weighted by Gasteiger charge is -2.47. The highest BCUT2D eigenvalue weighted by Crippen LogP contribution is 2.47. The number of halogens is 2. The summed E-state index contributed by atoms with van der Waals surface area (Å²) >= 11 is 0. The summed E-state index contributed by atoms with van der Waals surface area (Å²) in [4.78, 5) is 16.5. The molecule has 32 heavy (non-hydrogen) atoms. The van der Waals surface area contributed by atoms with Gasteiger partial charge in [-0.2, -0.15) is 10.4 Å². The molecule has 2 atom stereocenters. The molecule has 3 aliphatic rings. The van der Waals surface area contributed by atoms with Crippen molar-refractivity contribution in [2.45, 2.75) is 31.7 Å². The van der Waals surface area contributed by atoms with Crippen LogP contribution < -0.4 is 5.32 Å². The van der Waals surface area contributed by atoms with E-state index in [4.69, 9.17) is 4.74 Å². The molecule has 3 fully saturated rings. The number of anilines is 1. The molecule has 3 aliphatic carbocycles. The molecule has 3 saturated carbocycles. The summed E-state index contributed by atoms with van der Waals surface area (Å²) in [6.07, 6.45) is 4.92. The summed E-state index contributed by atoms with van der Waals surface area (Å²) in [5.74, 6) is -1.35. The standard InChI is InChI=1S/C23H21F2N5O2/c1-32-23(31)19-11-2-4-12(5-3-11)20(19)28-18-8-15(13(9-26)6-17(18)25)21-16-7-14(24)10-27-22(16)30-29-21/h6-8,10-12,19-20,28H,2-5H2,1H3,(H,27,29,30). The number of nitrogens with one attached hydrogen (secondary N) is 2. The summed E-state index contributed by atoms with van der Waals surface area (Å²) in [6, 6.07) is 5.64. The van der Waals surface area contributed by atoms with Gasteiger partial charge in [-0.1, -0.05) is 0 Å². The zero-order valence-electron chi connectivity index (χ0n) is 17.4. The van der Waals surface area contributed by atoms with E-state index < -0.39 is 11.6 Å². The van der Waals surface area contributed by atoms with Crippen LogP contribution >= 0.6 is 0 Å².